The van der Waals surface area contributed by atoms with Gasteiger partial charge in [0.1, 0.15) is 0 Å². The Labute approximate surface area is 126 Å². The number of hydrogen-bond acceptors (Lipinski definition) is 8. The molecular weight excluding hydrogens is 320 g/mol. The number of carbonyl (C=O) groups is 2. The molecule has 1 rings (SSSR count). The number of rotatable bonds is 7. The van der Waals surface area contributed by atoms with E-state index in [-0.39, 0.29) is 35.0 Å². The second kappa shape index (κ2) is 7.43. The highest BCUT2D eigenvalue weighted by Gasteiger charge is 2.26. The van der Waals surface area contributed by atoms with Gasteiger partial charge in [0.05, 0.1) is 13.0 Å². The lowest BCUT2D eigenvalue weighted by Crippen LogP contribution is -2.29. The fourth-order valence-corrected chi connectivity index (χ4v) is 3.56. The van der Waals surface area contributed by atoms with E-state index in [1.807, 2.05) is 0 Å². The molecule has 0 aliphatic carbocycles. The van der Waals surface area contributed by atoms with Crippen LogP contribution in [0.15, 0.2) is 4.34 Å². The van der Waals surface area contributed by atoms with Crippen LogP contribution in [0.25, 0.3) is 0 Å². The Bertz CT molecular complexity index is 613. The number of amides is 1. The van der Waals surface area contributed by atoms with E-state index >= 15 is 0 Å². The van der Waals surface area contributed by atoms with Crippen LogP contribution in [0.2, 0.25) is 0 Å². The molecule has 0 atom stereocenters. The van der Waals surface area contributed by atoms with Crippen molar-refractivity contribution < 1.29 is 22.7 Å². The topological polar surface area (TPSA) is 119 Å². The fourth-order valence-electron chi connectivity index (χ4n) is 1.25. The number of aromatic nitrogens is 2. The van der Waals surface area contributed by atoms with Gasteiger partial charge in [0.15, 0.2) is 0 Å². The summed E-state index contributed by atoms with van der Waals surface area (Å²) in [7, 11) is -2.52. The van der Waals surface area contributed by atoms with Gasteiger partial charge in [0.2, 0.25) is 15.4 Å². The van der Waals surface area contributed by atoms with Gasteiger partial charge in [0.25, 0.3) is 10.0 Å². The van der Waals surface area contributed by atoms with Crippen LogP contribution in [0, 0.1) is 0 Å². The Hall–Kier alpha value is -1.59. The van der Waals surface area contributed by atoms with Crippen molar-refractivity contribution in [1.29, 1.82) is 0 Å². The smallest absolute Gasteiger partial charge is 0.307 e. The molecule has 21 heavy (non-hydrogen) atoms. The van der Waals surface area contributed by atoms with Crippen molar-refractivity contribution in [1.82, 2.24) is 14.5 Å². The van der Waals surface area contributed by atoms with Crippen LogP contribution >= 0.6 is 11.3 Å². The first-order valence-corrected chi connectivity index (χ1v) is 8.26. The lowest BCUT2D eigenvalue weighted by Gasteiger charge is -2.14. The van der Waals surface area contributed by atoms with Crippen molar-refractivity contribution in [3.8, 4) is 0 Å². The highest BCUT2D eigenvalue weighted by Crippen LogP contribution is 2.22. The zero-order valence-corrected chi connectivity index (χ0v) is 13.5. The average molecular weight is 336 g/mol. The molecule has 118 valence electrons. The summed E-state index contributed by atoms with van der Waals surface area (Å²) in [6.07, 6.45) is -0.0546. The predicted octanol–water partition coefficient (Wildman–Crippen LogP) is 0.0702. The van der Waals surface area contributed by atoms with Gasteiger partial charge in [-0.2, -0.15) is 4.31 Å². The van der Waals surface area contributed by atoms with Gasteiger partial charge < -0.3 is 10.1 Å². The van der Waals surface area contributed by atoms with Crippen LogP contribution in [0.5, 0.6) is 0 Å². The van der Waals surface area contributed by atoms with Crippen molar-refractivity contribution in [2.24, 2.45) is 0 Å². The van der Waals surface area contributed by atoms with Gasteiger partial charge in [-0.3, -0.25) is 9.59 Å². The monoisotopic (exact) mass is 336 g/mol. The largest absolute Gasteiger partial charge is 0.466 e. The van der Waals surface area contributed by atoms with E-state index in [9.17, 15) is 18.0 Å². The normalized spacial score (nSPS) is 11.4. The SMILES string of the molecule is CCOC(=O)CCN(C)S(=O)(=O)c1nnc(NC(C)=O)s1. The van der Waals surface area contributed by atoms with E-state index < -0.39 is 16.0 Å². The number of nitrogens with zero attached hydrogens (tertiary/aromatic N) is 3. The summed E-state index contributed by atoms with van der Waals surface area (Å²) in [4.78, 5) is 22.1. The van der Waals surface area contributed by atoms with Gasteiger partial charge in [0, 0.05) is 20.5 Å². The van der Waals surface area contributed by atoms with Crippen LogP contribution in [0.1, 0.15) is 20.3 Å². The number of nitrogens with one attached hydrogen (secondary N) is 1. The van der Waals surface area contributed by atoms with Crippen LogP contribution in [-0.4, -0.2) is 55.0 Å². The molecule has 0 fully saturated rings. The Kier molecular flexibility index (Phi) is 6.18. The summed E-state index contributed by atoms with van der Waals surface area (Å²) in [5.74, 6) is -0.846. The maximum absolute atomic E-state index is 12.2. The minimum absolute atomic E-state index is 0.0315. The van der Waals surface area contributed by atoms with Crippen molar-refractivity contribution in [2.45, 2.75) is 24.6 Å². The van der Waals surface area contributed by atoms with Crippen LogP contribution < -0.4 is 5.32 Å². The van der Waals surface area contributed by atoms with E-state index in [1.165, 1.54) is 14.0 Å². The third-order valence-electron chi connectivity index (χ3n) is 2.26. The highest BCUT2D eigenvalue weighted by molar-refractivity contribution is 7.91. The molecule has 0 radical (unpaired) electrons. The number of ether oxygens (including phenoxy) is 1. The van der Waals surface area contributed by atoms with E-state index in [2.05, 4.69) is 15.5 Å². The lowest BCUT2D eigenvalue weighted by molar-refractivity contribution is -0.143. The zero-order chi connectivity index (χ0) is 16.0. The molecule has 0 saturated carbocycles. The molecule has 0 aliphatic rings. The molecule has 0 spiro atoms. The molecule has 0 unspecified atom stereocenters. The second-order valence-electron chi connectivity index (χ2n) is 3.94. The molecular formula is C10H16N4O5S2. The Morgan fingerprint density at radius 1 is 1.38 bits per heavy atom. The van der Waals surface area contributed by atoms with Gasteiger partial charge in [-0.1, -0.05) is 11.3 Å². The number of sulfonamides is 1. The number of anilines is 1. The molecule has 1 aromatic rings. The standard InChI is InChI=1S/C10H16N4O5S2/c1-4-19-8(16)5-6-14(3)21(17,18)10-13-12-9(20-10)11-7(2)15/h4-6H2,1-3H3,(H,11,12,15). The quantitative estimate of drug-likeness (QED) is 0.553. The predicted molar refractivity (Wildman–Crippen MR) is 75.3 cm³/mol. The van der Waals surface area contributed by atoms with E-state index in [1.54, 1.807) is 6.92 Å². The molecule has 1 N–H and O–H groups in total. The molecule has 1 aromatic heterocycles. The second-order valence-corrected chi connectivity index (χ2v) is 7.13. The first-order valence-electron chi connectivity index (χ1n) is 6.00. The van der Waals surface area contributed by atoms with E-state index in [0.717, 1.165) is 15.6 Å². The highest BCUT2D eigenvalue weighted by atomic mass is 32.2. The average Bonchev–Trinajstić information content (AvgIpc) is 2.84. The van der Waals surface area contributed by atoms with Crippen molar-refractivity contribution in [2.75, 3.05) is 25.5 Å². The molecule has 0 bridgehead atoms. The zero-order valence-electron chi connectivity index (χ0n) is 11.8. The molecule has 0 aromatic carbocycles. The van der Waals surface area contributed by atoms with E-state index in [4.69, 9.17) is 4.74 Å². The number of carbonyl (C=O) groups excluding carboxylic acids is 2. The lowest BCUT2D eigenvalue weighted by atomic mass is 10.4. The third-order valence-corrected chi connectivity index (χ3v) is 5.30. The van der Waals surface area contributed by atoms with Gasteiger partial charge in [-0.05, 0) is 6.92 Å². The van der Waals surface area contributed by atoms with Crippen molar-refractivity contribution in [3.63, 3.8) is 0 Å². The Morgan fingerprint density at radius 3 is 2.62 bits per heavy atom. The summed E-state index contributed by atoms with van der Waals surface area (Å²) in [5, 5.41) is 9.55. The summed E-state index contributed by atoms with van der Waals surface area (Å²) in [6.45, 7) is 3.16. The summed E-state index contributed by atoms with van der Waals surface area (Å²) >= 11 is 0.741. The Morgan fingerprint density at radius 2 is 2.05 bits per heavy atom. The first-order chi connectivity index (χ1) is 9.77. The molecule has 1 heterocycles. The van der Waals surface area contributed by atoms with Crippen molar-refractivity contribution in [3.05, 3.63) is 0 Å². The van der Waals surface area contributed by atoms with E-state index in [0.29, 0.717) is 0 Å². The molecule has 1 amide bonds. The van der Waals surface area contributed by atoms with Crippen LogP contribution in [-0.2, 0) is 24.3 Å². The van der Waals surface area contributed by atoms with Gasteiger partial charge in [-0.15, -0.1) is 10.2 Å². The van der Waals surface area contributed by atoms with Crippen LogP contribution in [0.3, 0.4) is 0 Å². The first kappa shape index (κ1) is 17.5. The number of esters is 1. The minimum Gasteiger partial charge on any atom is -0.466 e. The molecule has 0 saturated heterocycles. The molecule has 11 heteroatoms. The number of hydrogen-bond donors (Lipinski definition) is 1. The fraction of sp³-hybridized carbons (Fsp3) is 0.600. The minimum atomic E-state index is -3.85. The van der Waals surface area contributed by atoms with Crippen LogP contribution in [0.4, 0.5) is 5.13 Å². The summed E-state index contributed by atoms with van der Waals surface area (Å²) in [6, 6.07) is 0. The van der Waals surface area contributed by atoms with Gasteiger partial charge >= 0.3 is 5.97 Å². The Balaban J connectivity index is 2.73. The molecule has 0 aliphatic heterocycles. The maximum Gasteiger partial charge on any atom is 0.307 e. The van der Waals surface area contributed by atoms with Gasteiger partial charge in [-0.25, -0.2) is 8.42 Å². The maximum atomic E-state index is 12.2. The summed E-state index contributed by atoms with van der Waals surface area (Å²) < 4.78 is 29.8. The molecule has 9 nitrogen and oxygen atoms in total. The van der Waals surface area contributed by atoms with Crippen molar-refractivity contribution >= 4 is 38.4 Å². The third kappa shape index (κ3) is 5.02. The summed E-state index contributed by atoms with van der Waals surface area (Å²) in [5.41, 5.74) is 0.